The number of anilines is 1. The number of aromatic nitrogens is 2. The van der Waals surface area contributed by atoms with Crippen LogP contribution < -0.4 is 5.32 Å². The molecular formula is C14H8Br2N4OS2. The van der Waals surface area contributed by atoms with Crippen molar-refractivity contribution >= 4 is 76.9 Å². The van der Waals surface area contributed by atoms with Crippen LogP contribution in [0.5, 0.6) is 0 Å². The molecule has 1 N–H and O–H groups in total. The average Bonchev–Trinajstić information content (AvgIpc) is 3.15. The summed E-state index contributed by atoms with van der Waals surface area (Å²) in [5.74, 6) is -0.230. The highest BCUT2D eigenvalue weighted by Crippen LogP contribution is 2.25. The zero-order valence-corrected chi connectivity index (χ0v) is 16.2. The van der Waals surface area contributed by atoms with Crippen LogP contribution in [0.4, 0.5) is 10.3 Å². The molecule has 3 rings (SSSR count). The Morgan fingerprint density at radius 2 is 1.87 bits per heavy atom. The third-order valence-corrected chi connectivity index (χ3v) is 5.47. The second-order valence-corrected chi connectivity index (χ2v) is 8.62. The molecule has 5 nitrogen and oxygen atoms in total. The quantitative estimate of drug-likeness (QED) is 0.536. The van der Waals surface area contributed by atoms with Gasteiger partial charge in [0.25, 0.3) is 5.91 Å². The van der Waals surface area contributed by atoms with Crippen LogP contribution in [0.1, 0.15) is 15.2 Å². The smallest absolute Gasteiger partial charge is 0.257 e. The number of benzene rings is 1. The summed E-state index contributed by atoms with van der Waals surface area (Å²) in [6, 6.07) is 11.0. The van der Waals surface area contributed by atoms with Gasteiger partial charge in [0.1, 0.15) is 0 Å². The molecule has 2 aromatic heterocycles. The number of halogens is 2. The molecule has 3 aromatic rings. The van der Waals surface area contributed by atoms with E-state index >= 15 is 0 Å². The first-order chi connectivity index (χ1) is 11.1. The monoisotopic (exact) mass is 470 g/mol. The minimum Gasteiger partial charge on any atom is -0.296 e. The Balaban J connectivity index is 1.66. The van der Waals surface area contributed by atoms with E-state index in [4.69, 9.17) is 0 Å². The van der Waals surface area contributed by atoms with E-state index in [-0.39, 0.29) is 5.91 Å². The first-order valence-electron chi connectivity index (χ1n) is 6.30. The predicted molar refractivity (Wildman–Crippen MR) is 101 cm³/mol. The molecule has 0 aliphatic carbocycles. The van der Waals surface area contributed by atoms with Gasteiger partial charge in [0.2, 0.25) is 10.3 Å². The lowest BCUT2D eigenvalue weighted by Crippen LogP contribution is -2.11. The summed E-state index contributed by atoms with van der Waals surface area (Å²) in [4.78, 5) is 17.3. The molecule has 0 saturated carbocycles. The number of rotatable bonds is 4. The number of hydrogen-bond acceptors (Lipinski definition) is 6. The van der Waals surface area contributed by atoms with E-state index in [0.717, 1.165) is 13.1 Å². The largest absolute Gasteiger partial charge is 0.296 e. The van der Waals surface area contributed by atoms with Crippen LogP contribution in [0.25, 0.3) is 0 Å². The second-order valence-electron chi connectivity index (χ2n) is 4.25. The van der Waals surface area contributed by atoms with Gasteiger partial charge in [-0.3, -0.25) is 10.1 Å². The fourth-order valence-corrected chi connectivity index (χ4v) is 3.75. The number of amides is 1. The van der Waals surface area contributed by atoms with Crippen molar-refractivity contribution in [3.05, 3.63) is 55.1 Å². The van der Waals surface area contributed by atoms with Gasteiger partial charge in [0.05, 0.1) is 3.79 Å². The van der Waals surface area contributed by atoms with Gasteiger partial charge >= 0.3 is 0 Å². The average molecular weight is 472 g/mol. The Labute approximate surface area is 156 Å². The Morgan fingerprint density at radius 3 is 2.57 bits per heavy atom. The fraction of sp³-hybridized carbons (Fsp3) is 0. The van der Waals surface area contributed by atoms with Crippen LogP contribution in [-0.4, -0.2) is 22.3 Å². The molecule has 1 amide bonds. The standard InChI is InChI=1S/C14H8Br2N4OS2/c15-9-3-1-8(2-4-9)12(21)18-14-20-19-13(23-14)17-7-10-5-6-11(16)22-10/h1-7H,(H,18,20,21). The molecule has 0 bridgehead atoms. The first kappa shape index (κ1) is 16.4. The van der Waals surface area contributed by atoms with Crippen LogP contribution in [-0.2, 0) is 0 Å². The van der Waals surface area contributed by atoms with Crippen molar-refractivity contribution in [2.45, 2.75) is 0 Å². The van der Waals surface area contributed by atoms with Crippen LogP contribution in [0, 0.1) is 0 Å². The molecule has 9 heteroatoms. The maximum atomic E-state index is 12.1. The molecule has 2 heterocycles. The molecule has 0 radical (unpaired) electrons. The van der Waals surface area contributed by atoms with E-state index < -0.39 is 0 Å². The highest BCUT2D eigenvalue weighted by molar-refractivity contribution is 9.11. The van der Waals surface area contributed by atoms with Gasteiger partial charge in [0.15, 0.2) is 0 Å². The number of aliphatic imine (C=N–C) groups is 1. The van der Waals surface area contributed by atoms with E-state index in [9.17, 15) is 4.79 Å². The zero-order valence-electron chi connectivity index (χ0n) is 11.4. The molecule has 0 atom stereocenters. The molecule has 0 aliphatic heterocycles. The van der Waals surface area contributed by atoms with Crippen LogP contribution in [0.15, 0.2) is 49.6 Å². The van der Waals surface area contributed by atoms with Gasteiger partial charge in [-0.15, -0.1) is 21.5 Å². The maximum absolute atomic E-state index is 12.1. The van der Waals surface area contributed by atoms with Crippen molar-refractivity contribution < 1.29 is 4.79 Å². The summed E-state index contributed by atoms with van der Waals surface area (Å²) in [5.41, 5.74) is 0.553. The fourth-order valence-electron chi connectivity index (χ4n) is 1.61. The molecule has 0 unspecified atom stereocenters. The van der Waals surface area contributed by atoms with Crippen LogP contribution in [0.2, 0.25) is 0 Å². The van der Waals surface area contributed by atoms with Gasteiger partial charge in [0, 0.05) is 21.1 Å². The minimum atomic E-state index is -0.230. The van der Waals surface area contributed by atoms with Gasteiger partial charge < -0.3 is 0 Å². The lowest BCUT2D eigenvalue weighted by atomic mass is 10.2. The van der Waals surface area contributed by atoms with Crippen molar-refractivity contribution in [1.82, 2.24) is 10.2 Å². The molecular weight excluding hydrogens is 464 g/mol. The number of nitrogens with zero attached hydrogens (tertiary/aromatic N) is 3. The lowest BCUT2D eigenvalue weighted by Gasteiger charge is -2.00. The number of carbonyl (C=O) groups is 1. The molecule has 0 aliphatic rings. The highest BCUT2D eigenvalue weighted by Gasteiger charge is 2.09. The van der Waals surface area contributed by atoms with E-state index in [1.165, 1.54) is 11.3 Å². The maximum Gasteiger partial charge on any atom is 0.257 e. The topological polar surface area (TPSA) is 67.2 Å². The molecule has 1 aromatic carbocycles. The molecule has 0 spiro atoms. The number of nitrogens with one attached hydrogen (secondary N) is 1. The summed E-state index contributed by atoms with van der Waals surface area (Å²) in [6.45, 7) is 0. The van der Waals surface area contributed by atoms with Crippen LogP contribution in [0.3, 0.4) is 0 Å². The summed E-state index contributed by atoms with van der Waals surface area (Å²) in [7, 11) is 0. The Hall–Kier alpha value is -1.42. The van der Waals surface area contributed by atoms with E-state index in [0.29, 0.717) is 15.8 Å². The zero-order chi connectivity index (χ0) is 16.2. The van der Waals surface area contributed by atoms with Crippen molar-refractivity contribution in [3.8, 4) is 0 Å². The third kappa shape index (κ3) is 4.54. The van der Waals surface area contributed by atoms with Crippen molar-refractivity contribution in [1.29, 1.82) is 0 Å². The molecule has 0 saturated heterocycles. The number of carbonyl (C=O) groups excluding carboxylic acids is 1. The third-order valence-electron chi connectivity index (χ3n) is 2.64. The number of thiophene rings is 1. The van der Waals surface area contributed by atoms with E-state index in [2.05, 4.69) is 52.4 Å². The summed E-state index contributed by atoms with van der Waals surface area (Å²) >= 11 is 9.52. The predicted octanol–water partition coefficient (Wildman–Crippen LogP) is 5.13. The Morgan fingerprint density at radius 1 is 1.09 bits per heavy atom. The van der Waals surface area contributed by atoms with Crippen molar-refractivity contribution in [2.24, 2.45) is 4.99 Å². The molecule has 23 heavy (non-hydrogen) atoms. The Bertz CT molecular complexity index is 858. The van der Waals surface area contributed by atoms with Gasteiger partial charge in [-0.1, -0.05) is 27.3 Å². The molecule has 0 fully saturated rings. The lowest BCUT2D eigenvalue weighted by molar-refractivity contribution is 0.102. The van der Waals surface area contributed by atoms with Gasteiger partial charge in [-0.25, -0.2) is 4.99 Å². The summed E-state index contributed by atoms with van der Waals surface area (Å²) < 4.78 is 1.96. The van der Waals surface area contributed by atoms with Crippen LogP contribution >= 0.6 is 54.5 Å². The van der Waals surface area contributed by atoms with Crippen molar-refractivity contribution in [2.75, 3.05) is 5.32 Å². The van der Waals surface area contributed by atoms with Gasteiger partial charge in [-0.05, 0) is 52.3 Å². The number of hydrogen-bond donors (Lipinski definition) is 1. The SMILES string of the molecule is O=C(Nc1nnc(N=Cc2ccc(Br)s2)s1)c1ccc(Br)cc1. The first-order valence-corrected chi connectivity index (χ1v) is 9.52. The van der Waals surface area contributed by atoms with E-state index in [1.54, 1.807) is 29.7 Å². The highest BCUT2D eigenvalue weighted by atomic mass is 79.9. The molecule has 116 valence electrons. The normalized spacial score (nSPS) is 11.0. The van der Waals surface area contributed by atoms with E-state index in [1.807, 2.05) is 24.3 Å². The summed E-state index contributed by atoms with van der Waals surface area (Å²) in [5, 5.41) is 11.5. The van der Waals surface area contributed by atoms with Crippen molar-refractivity contribution in [3.63, 3.8) is 0 Å². The minimum absolute atomic E-state index is 0.230. The summed E-state index contributed by atoms with van der Waals surface area (Å²) in [6.07, 6.45) is 1.72. The van der Waals surface area contributed by atoms with Gasteiger partial charge in [-0.2, -0.15) is 0 Å². The Kier molecular flexibility index (Phi) is 5.31. The second kappa shape index (κ2) is 7.43.